The number of amides is 1. The number of carbonyl (C=O) groups excluding carboxylic acids is 1. The zero-order valence-electron chi connectivity index (χ0n) is 8.91. The average Bonchev–Trinajstić information content (AvgIpc) is 2.90. The van der Waals surface area contributed by atoms with Crippen LogP contribution in [0.3, 0.4) is 0 Å². The molecule has 2 rings (SSSR count). The molecule has 2 aromatic rings. The molecule has 0 saturated heterocycles. The first kappa shape index (κ1) is 11.3. The molecule has 1 atom stereocenters. The summed E-state index contributed by atoms with van der Waals surface area (Å²) in [4.78, 5) is 19.2. The highest BCUT2D eigenvalue weighted by Gasteiger charge is 2.12. The van der Waals surface area contributed by atoms with Gasteiger partial charge in [0.25, 0.3) is 5.91 Å². The normalized spacial score (nSPS) is 12.1. The Morgan fingerprint density at radius 2 is 2.41 bits per heavy atom. The molecule has 6 nitrogen and oxygen atoms in total. The number of nitrogens with zero attached hydrogens (tertiary/aromatic N) is 2. The highest BCUT2D eigenvalue weighted by Crippen LogP contribution is 2.11. The third kappa shape index (κ3) is 2.88. The molecule has 0 fully saturated rings. The van der Waals surface area contributed by atoms with Crippen LogP contribution < -0.4 is 5.32 Å². The summed E-state index contributed by atoms with van der Waals surface area (Å²) >= 11 is 0. The zero-order chi connectivity index (χ0) is 12.1. The molecule has 6 heteroatoms. The topological polar surface area (TPSA) is 88.2 Å². The summed E-state index contributed by atoms with van der Waals surface area (Å²) in [7, 11) is 0. The van der Waals surface area contributed by atoms with Crippen LogP contribution in [-0.4, -0.2) is 27.5 Å². The third-order valence-electron chi connectivity index (χ3n) is 2.18. The molecule has 2 aromatic heterocycles. The summed E-state index contributed by atoms with van der Waals surface area (Å²) in [6.07, 6.45) is 6.37. The van der Waals surface area contributed by atoms with E-state index in [0.29, 0.717) is 5.56 Å². The molecule has 0 spiro atoms. The fourth-order valence-corrected chi connectivity index (χ4v) is 1.28. The predicted octanol–water partition coefficient (Wildman–Crippen LogP) is 0.533. The second-order valence-corrected chi connectivity index (χ2v) is 3.37. The van der Waals surface area contributed by atoms with Crippen LogP contribution in [0.15, 0.2) is 41.6 Å². The van der Waals surface area contributed by atoms with E-state index in [1.165, 1.54) is 31.1 Å². The number of rotatable bonds is 4. The Morgan fingerprint density at radius 3 is 3.06 bits per heavy atom. The Bertz CT molecular complexity index is 470. The van der Waals surface area contributed by atoms with E-state index < -0.39 is 6.10 Å². The molecular weight excluding hydrogens is 222 g/mol. The van der Waals surface area contributed by atoms with Crippen LogP contribution in [0, 0.1) is 0 Å². The van der Waals surface area contributed by atoms with Crippen LogP contribution in [0.1, 0.15) is 22.2 Å². The van der Waals surface area contributed by atoms with Gasteiger partial charge >= 0.3 is 0 Å². The Hall–Kier alpha value is -2.21. The summed E-state index contributed by atoms with van der Waals surface area (Å²) in [6, 6.07) is 1.64. The SMILES string of the molecule is O=C(NC[C@@H](O)c1ccoc1)c1cnccn1. The summed E-state index contributed by atoms with van der Waals surface area (Å²) < 4.78 is 4.83. The summed E-state index contributed by atoms with van der Waals surface area (Å²) in [6.45, 7) is 0.0922. The Morgan fingerprint density at radius 1 is 1.53 bits per heavy atom. The molecule has 0 unspecified atom stereocenters. The summed E-state index contributed by atoms with van der Waals surface area (Å²) in [5, 5.41) is 12.2. The smallest absolute Gasteiger partial charge is 0.271 e. The molecule has 0 saturated carbocycles. The number of furan rings is 1. The van der Waals surface area contributed by atoms with Crippen molar-refractivity contribution in [1.29, 1.82) is 0 Å². The van der Waals surface area contributed by atoms with Gasteiger partial charge in [-0.2, -0.15) is 0 Å². The average molecular weight is 233 g/mol. The number of carbonyl (C=O) groups is 1. The molecule has 2 N–H and O–H groups in total. The van der Waals surface area contributed by atoms with Gasteiger partial charge in [-0.15, -0.1) is 0 Å². The maximum Gasteiger partial charge on any atom is 0.271 e. The van der Waals surface area contributed by atoms with Gasteiger partial charge < -0.3 is 14.8 Å². The van der Waals surface area contributed by atoms with Gasteiger partial charge in [-0.1, -0.05) is 0 Å². The molecule has 17 heavy (non-hydrogen) atoms. The Kier molecular flexibility index (Phi) is 3.46. The quantitative estimate of drug-likeness (QED) is 0.804. The first-order valence-corrected chi connectivity index (χ1v) is 5.02. The molecule has 0 aliphatic heterocycles. The molecule has 0 aliphatic rings. The number of hydrogen-bond donors (Lipinski definition) is 2. The van der Waals surface area contributed by atoms with Crippen molar-refractivity contribution in [1.82, 2.24) is 15.3 Å². The first-order chi connectivity index (χ1) is 8.27. The van der Waals surface area contributed by atoms with Crippen LogP contribution in [0.5, 0.6) is 0 Å². The van der Waals surface area contributed by atoms with E-state index in [-0.39, 0.29) is 18.1 Å². The van der Waals surface area contributed by atoms with Crippen molar-refractivity contribution in [3.8, 4) is 0 Å². The van der Waals surface area contributed by atoms with Crippen LogP contribution in [0.4, 0.5) is 0 Å². The van der Waals surface area contributed by atoms with Crippen molar-refractivity contribution in [2.75, 3.05) is 6.54 Å². The van der Waals surface area contributed by atoms with Gasteiger partial charge in [0.05, 0.1) is 24.8 Å². The van der Waals surface area contributed by atoms with E-state index in [4.69, 9.17) is 4.42 Å². The van der Waals surface area contributed by atoms with E-state index in [1.54, 1.807) is 6.07 Å². The van der Waals surface area contributed by atoms with Gasteiger partial charge in [0.15, 0.2) is 0 Å². The second-order valence-electron chi connectivity index (χ2n) is 3.37. The van der Waals surface area contributed by atoms with Crippen molar-refractivity contribution in [2.45, 2.75) is 6.10 Å². The van der Waals surface area contributed by atoms with E-state index in [0.717, 1.165) is 0 Å². The number of aliphatic hydroxyl groups is 1. The summed E-state index contributed by atoms with van der Waals surface area (Å²) in [5.41, 5.74) is 0.830. The number of aromatic nitrogens is 2. The maximum atomic E-state index is 11.6. The predicted molar refractivity (Wildman–Crippen MR) is 58.0 cm³/mol. The number of nitrogens with one attached hydrogen (secondary N) is 1. The minimum absolute atomic E-state index is 0.0922. The van der Waals surface area contributed by atoms with Gasteiger partial charge in [-0.05, 0) is 6.07 Å². The number of aliphatic hydroxyl groups excluding tert-OH is 1. The highest BCUT2D eigenvalue weighted by molar-refractivity contribution is 5.91. The molecule has 0 aliphatic carbocycles. The van der Waals surface area contributed by atoms with Crippen molar-refractivity contribution >= 4 is 5.91 Å². The van der Waals surface area contributed by atoms with Gasteiger partial charge in [0.1, 0.15) is 5.69 Å². The summed E-state index contributed by atoms with van der Waals surface area (Å²) in [5.74, 6) is -0.374. The van der Waals surface area contributed by atoms with Crippen molar-refractivity contribution in [3.05, 3.63) is 48.4 Å². The minimum Gasteiger partial charge on any atom is -0.472 e. The Balaban J connectivity index is 1.89. The highest BCUT2D eigenvalue weighted by atomic mass is 16.3. The van der Waals surface area contributed by atoms with Gasteiger partial charge in [0, 0.05) is 24.5 Å². The largest absolute Gasteiger partial charge is 0.472 e. The van der Waals surface area contributed by atoms with Gasteiger partial charge in [0.2, 0.25) is 0 Å². The Labute approximate surface area is 97.3 Å². The molecule has 1 amide bonds. The zero-order valence-corrected chi connectivity index (χ0v) is 8.91. The minimum atomic E-state index is -0.797. The second kappa shape index (κ2) is 5.22. The van der Waals surface area contributed by atoms with Crippen LogP contribution in [-0.2, 0) is 0 Å². The van der Waals surface area contributed by atoms with E-state index in [2.05, 4.69) is 15.3 Å². The van der Waals surface area contributed by atoms with Crippen LogP contribution >= 0.6 is 0 Å². The lowest BCUT2D eigenvalue weighted by Gasteiger charge is -2.09. The van der Waals surface area contributed by atoms with Gasteiger partial charge in [-0.3, -0.25) is 9.78 Å². The van der Waals surface area contributed by atoms with Crippen molar-refractivity contribution in [2.24, 2.45) is 0 Å². The molecule has 88 valence electrons. The van der Waals surface area contributed by atoms with Crippen LogP contribution in [0.25, 0.3) is 0 Å². The molecule has 0 aromatic carbocycles. The van der Waals surface area contributed by atoms with Gasteiger partial charge in [-0.25, -0.2) is 4.98 Å². The van der Waals surface area contributed by atoms with Crippen LogP contribution in [0.2, 0.25) is 0 Å². The first-order valence-electron chi connectivity index (χ1n) is 5.02. The van der Waals surface area contributed by atoms with E-state index in [9.17, 15) is 9.90 Å². The standard InChI is InChI=1S/C11H11N3O3/c15-10(8-1-4-17-7-8)6-14-11(16)9-5-12-2-3-13-9/h1-5,7,10,15H,6H2,(H,14,16)/t10-/m1/s1. The molecule has 0 bridgehead atoms. The molecule has 0 radical (unpaired) electrons. The maximum absolute atomic E-state index is 11.6. The third-order valence-corrected chi connectivity index (χ3v) is 2.18. The molecule has 2 heterocycles. The lowest BCUT2D eigenvalue weighted by molar-refractivity contribution is 0.0910. The van der Waals surface area contributed by atoms with E-state index in [1.807, 2.05) is 0 Å². The molecular formula is C11H11N3O3. The monoisotopic (exact) mass is 233 g/mol. The van der Waals surface area contributed by atoms with E-state index >= 15 is 0 Å². The fourth-order valence-electron chi connectivity index (χ4n) is 1.28. The van der Waals surface area contributed by atoms with Crippen molar-refractivity contribution < 1.29 is 14.3 Å². The lowest BCUT2D eigenvalue weighted by atomic mass is 10.2. The number of hydrogen-bond acceptors (Lipinski definition) is 5. The fraction of sp³-hybridized carbons (Fsp3) is 0.182. The lowest BCUT2D eigenvalue weighted by Crippen LogP contribution is -2.28. The van der Waals surface area contributed by atoms with Crippen molar-refractivity contribution in [3.63, 3.8) is 0 Å².